The van der Waals surface area contributed by atoms with Gasteiger partial charge in [-0.1, -0.05) is 36.7 Å². The standard InChI is InChI=1S/C16H25BrN2S/c1-4-7-18-9-14-8-15(17)5-6-16(14)19-10-12(2)20-13(3)11-19/h5-6,8,12-13,18H,4,7,9-11H2,1-3H3. The summed E-state index contributed by atoms with van der Waals surface area (Å²) in [5, 5.41) is 4.94. The van der Waals surface area contributed by atoms with Crippen molar-refractivity contribution in [2.75, 3.05) is 24.5 Å². The topological polar surface area (TPSA) is 15.3 Å². The Bertz CT molecular complexity index is 428. The predicted octanol–water partition coefficient (Wildman–Crippen LogP) is 4.28. The van der Waals surface area contributed by atoms with Crippen LogP contribution in [-0.2, 0) is 6.54 Å². The van der Waals surface area contributed by atoms with Crippen LogP contribution < -0.4 is 10.2 Å². The highest BCUT2D eigenvalue weighted by atomic mass is 79.9. The lowest BCUT2D eigenvalue weighted by Crippen LogP contribution is -2.41. The number of hydrogen-bond donors (Lipinski definition) is 1. The van der Waals surface area contributed by atoms with E-state index in [0.717, 1.165) is 26.2 Å². The first kappa shape index (κ1) is 16.2. The second kappa shape index (κ2) is 7.71. The summed E-state index contributed by atoms with van der Waals surface area (Å²) in [6.45, 7) is 11.2. The number of hydrogen-bond acceptors (Lipinski definition) is 3. The molecule has 0 aromatic heterocycles. The number of rotatable bonds is 5. The van der Waals surface area contributed by atoms with Crippen LogP contribution in [0.25, 0.3) is 0 Å². The Hall–Kier alpha value is -0.190. The normalized spacial score (nSPS) is 23.1. The van der Waals surface area contributed by atoms with Crippen molar-refractivity contribution in [3.05, 3.63) is 28.2 Å². The van der Waals surface area contributed by atoms with Gasteiger partial charge in [0.25, 0.3) is 0 Å². The molecule has 2 rings (SSSR count). The number of benzene rings is 1. The van der Waals surface area contributed by atoms with E-state index in [2.05, 4.69) is 76.9 Å². The van der Waals surface area contributed by atoms with Crippen molar-refractivity contribution in [1.29, 1.82) is 0 Å². The van der Waals surface area contributed by atoms with Gasteiger partial charge in [-0.25, -0.2) is 0 Å². The Morgan fingerprint density at radius 2 is 2.00 bits per heavy atom. The Morgan fingerprint density at radius 3 is 2.65 bits per heavy atom. The van der Waals surface area contributed by atoms with Gasteiger partial charge in [-0.3, -0.25) is 0 Å². The van der Waals surface area contributed by atoms with E-state index in [0.29, 0.717) is 10.5 Å². The summed E-state index contributed by atoms with van der Waals surface area (Å²) >= 11 is 5.71. The zero-order chi connectivity index (χ0) is 14.5. The van der Waals surface area contributed by atoms with Gasteiger partial charge in [0.05, 0.1) is 0 Å². The van der Waals surface area contributed by atoms with E-state index in [1.165, 1.54) is 22.1 Å². The Kier molecular flexibility index (Phi) is 6.24. The zero-order valence-electron chi connectivity index (χ0n) is 12.7. The monoisotopic (exact) mass is 356 g/mol. The van der Waals surface area contributed by atoms with Crippen molar-refractivity contribution in [2.45, 2.75) is 44.2 Å². The van der Waals surface area contributed by atoms with Gasteiger partial charge in [0, 0.05) is 40.3 Å². The number of anilines is 1. The molecule has 0 radical (unpaired) electrons. The zero-order valence-corrected chi connectivity index (χ0v) is 15.1. The Labute approximate surface area is 135 Å². The fourth-order valence-corrected chi connectivity index (χ4v) is 4.51. The number of halogens is 1. The molecule has 4 heteroatoms. The molecular weight excluding hydrogens is 332 g/mol. The molecule has 0 amide bonds. The lowest BCUT2D eigenvalue weighted by Gasteiger charge is -2.37. The molecule has 1 aromatic rings. The fraction of sp³-hybridized carbons (Fsp3) is 0.625. The molecule has 20 heavy (non-hydrogen) atoms. The molecule has 1 N–H and O–H groups in total. The average Bonchev–Trinajstić information content (AvgIpc) is 2.38. The Balaban J connectivity index is 2.16. The van der Waals surface area contributed by atoms with Crippen molar-refractivity contribution in [3.8, 4) is 0 Å². The van der Waals surface area contributed by atoms with Gasteiger partial charge in [-0.15, -0.1) is 0 Å². The van der Waals surface area contributed by atoms with Crippen LogP contribution in [0, 0.1) is 0 Å². The first-order valence-electron chi connectivity index (χ1n) is 7.49. The van der Waals surface area contributed by atoms with Crippen molar-refractivity contribution in [3.63, 3.8) is 0 Å². The number of nitrogens with zero attached hydrogens (tertiary/aromatic N) is 1. The van der Waals surface area contributed by atoms with Crippen molar-refractivity contribution >= 4 is 33.4 Å². The van der Waals surface area contributed by atoms with Crippen molar-refractivity contribution in [2.24, 2.45) is 0 Å². The van der Waals surface area contributed by atoms with E-state index in [-0.39, 0.29) is 0 Å². The summed E-state index contributed by atoms with van der Waals surface area (Å²) in [7, 11) is 0. The van der Waals surface area contributed by atoms with E-state index >= 15 is 0 Å². The van der Waals surface area contributed by atoms with Crippen LogP contribution >= 0.6 is 27.7 Å². The highest BCUT2D eigenvalue weighted by Crippen LogP contribution is 2.31. The second-order valence-electron chi connectivity index (χ2n) is 5.61. The van der Waals surface area contributed by atoms with Crippen molar-refractivity contribution < 1.29 is 0 Å². The summed E-state index contributed by atoms with van der Waals surface area (Å²) in [6, 6.07) is 6.69. The molecule has 2 atom stereocenters. The van der Waals surface area contributed by atoms with E-state index in [4.69, 9.17) is 0 Å². The van der Waals surface area contributed by atoms with Crippen LogP contribution in [0.2, 0.25) is 0 Å². The van der Waals surface area contributed by atoms with E-state index in [9.17, 15) is 0 Å². The summed E-state index contributed by atoms with van der Waals surface area (Å²) in [5.74, 6) is 0. The first-order chi connectivity index (χ1) is 9.60. The molecule has 0 saturated carbocycles. The minimum absolute atomic E-state index is 0.707. The molecule has 1 heterocycles. The van der Waals surface area contributed by atoms with E-state index < -0.39 is 0 Å². The van der Waals surface area contributed by atoms with Crippen LogP contribution in [0.15, 0.2) is 22.7 Å². The maximum Gasteiger partial charge on any atom is 0.0413 e. The lowest BCUT2D eigenvalue weighted by molar-refractivity contribution is 0.667. The molecule has 0 spiro atoms. The largest absolute Gasteiger partial charge is 0.369 e. The SMILES string of the molecule is CCCNCc1cc(Br)ccc1N1CC(C)SC(C)C1. The Morgan fingerprint density at radius 1 is 1.30 bits per heavy atom. The predicted molar refractivity (Wildman–Crippen MR) is 94.9 cm³/mol. The third kappa shape index (κ3) is 4.40. The summed E-state index contributed by atoms with van der Waals surface area (Å²) in [4.78, 5) is 2.56. The lowest BCUT2D eigenvalue weighted by atomic mass is 10.1. The molecule has 2 unspecified atom stereocenters. The molecular formula is C16H25BrN2S. The summed E-state index contributed by atoms with van der Waals surface area (Å²) < 4.78 is 1.17. The molecule has 1 fully saturated rings. The maximum absolute atomic E-state index is 3.60. The highest BCUT2D eigenvalue weighted by molar-refractivity contribution is 9.10. The summed E-state index contributed by atoms with van der Waals surface area (Å²) in [5.41, 5.74) is 2.80. The molecule has 112 valence electrons. The quantitative estimate of drug-likeness (QED) is 0.792. The molecule has 0 bridgehead atoms. The van der Waals surface area contributed by atoms with Gasteiger partial charge in [0.1, 0.15) is 0 Å². The maximum atomic E-state index is 3.60. The van der Waals surface area contributed by atoms with Gasteiger partial charge in [0.15, 0.2) is 0 Å². The molecule has 0 aliphatic carbocycles. The minimum atomic E-state index is 0.707. The minimum Gasteiger partial charge on any atom is -0.369 e. The summed E-state index contributed by atoms with van der Waals surface area (Å²) in [6.07, 6.45) is 1.18. The number of thioether (sulfide) groups is 1. The van der Waals surface area contributed by atoms with Crippen LogP contribution in [0.1, 0.15) is 32.8 Å². The van der Waals surface area contributed by atoms with Gasteiger partial charge in [-0.05, 0) is 36.7 Å². The third-order valence-corrected chi connectivity index (χ3v) is 5.26. The van der Waals surface area contributed by atoms with Gasteiger partial charge >= 0.3 is 0 Å². The van der Waals surface area contributed by atoms with Crippen LogP contribution in [0.3, 0.4) is 0 Å². The smallest absolute Gasteiger partial charge is 0.0413 e. The third-order valence-electron chi connectivity index (χ3n) is 3.54. The highest BCUT2D eigenvalue weighted by Gasteiger charge is 2.23. The van der Waals surface area contributed by atoms with Gasteiger partial charge < -0.3 is 10.2 Å². The average molecular weight is 357 g/mol. The molecule has 1 saturated heterocycles. The number of nitrogens with one attached hydrogen (secondary N) is 1. The molecule has 2 nitrogen and oxygen atoms in total. The van der Waals surface area contributed by atoms with Crippen molar-refractivity contribution in [1.82, 2.24) is 5.32 Å². The molecule has 1 aliphatic heterocycles. The van der Waals surface area contributed by atoms with Crippen LogP contribution in [0.5, 0.6) is 0 Å². The van der Waals surface area contributed by atoms with Crippen LogP contribution in [0.4, 0.5) is 5.69 Å². The van der Waals surface area contributed by atoms with E-state index in [1.807, 2.05) is 0 Å². The first-order valence-corrected chi connectivity index (χ1v) is 9.23. The second-order valence-corrected chi connectivity index (χ2v) is 8.41. The fourth-order valence-electron chi connectivity index (χ4n) is 2.78. The van der Waals surface area contributed by atoms with Crippen LogP contribution in [-0.4, -0.2) is 30.1 Å². The molecule has 1 aliphatic rings. The van der Waals surface area contributed by atoms with E-state index in [1.54, 1.807) is 0 Å². The van der Waals surface area contributed by atoms with Gasteiger partial charge in [0.2, 0.25) is 0 Å². The molecule has 1 aromatic carbocycles. The van der Waals surface area contributed by atoms with Gasteiger partial charge in [-0.2, -0.15) is 11.8 Å².